The smallest absolute Gasteiger partial charge is 0.338 e. The molecule has 0 fully saturated rings. The highest BCUT2D eigenvalue weighted by Crippen LogP contribution is 2.04. The molecule has 0 aliphatic heterocycles. The van der Waals surface area contributed by atoms with Crippen LogP contribution in [0.5, 0.6) is 0 Å². The molecular formula is C15H15NO4. The molecule has 0 aliphatic rings. The summed E-state index contributed by atoms with van der Waals surface area (Å²) in [5.41, 5.74) is 0.415. The zero-order chi connectivity index (χ0) is 14.4. The van der Waals surface area contributed by atoms with Crippen molar-refractivity contribution in [2.24, 2.45) is 0 Å². The van der Waals surface area contributed by atoms with Gasteiger partial charge in [0.1, 0.15) is 5.76 Å². The summed E-state index contributed by atoms with van der Waals surface area (Å²) in [4.78, 5) is 23.5. The first kappa shape index (κ1) is 13.9. The minimum Gasteiger partial charge on any atom is -0.467 e. The Morgan fingerprint density at radius 3 is 2.60 bits per heavy atom. The Morgan fingerprint density at radius 1 is 1.20 bits per heavy atom. The molecule has 1 aromatic heterocycles. The van der Waals surface area contributed by atoms with Crippen molar-refractivity contribution in [1.82, 2.24) is 5.32 Å². The number of carbonyl (C=O) groups excluding carboxylic acids is 2. The Morgan fingerprint density at radius 2 is 1.95 bits per heavy atom. The van der Waals surface area contributed by atoms with Crippen LogP contribution in [0.2, 0.25) is 0 Å². The van der Waals surface area contributed by atoms with E-state index in [0.29, 0.717) is 11.3 Å². The van der Waals surface area contributed by atoms with E-state index < -0.39 is 12.1 Å². The van der Waals surface area contributed by atoms with Gasteiger partial charge in [-0.1, -0.05) is 18.2 Å². The molecule has 0 bridgehead atoms. The molecule has 20 heavy (non-hydrogen) atoms. The third-order valence-corrected chi connectivity index (χ3v) is 2.68. The SMILES string of the molecule is CC(OC(=O)c1ccccc1)C(=O)NCc1ccco1. The normalized spacial score (nSPS) is 11.7. The molecule has 1 atom stereocenters. The van der Waals surface area contributed by atoms with Crippen LogP contribution in [0.15, 0.2) is 53.1 Å². The van der Waals surface area contributed by atoms with Crippen molar-refractivity contribution in [3.63, 3.8) is 0 Å². The topological polar surface area (TPSA) is 68.5 Å². The van der Waals surface area contributed by atoms with Gasteiger partial charge in [-0.3, -0.25) is 4.79 Å². The molecule has 1 aromatic carbocycles. The van der Waals surface area contributed by atoms with Gasteiger partial charge in [0, 0.05) is 0 Å². The Kier molecular flexibility index (Phi) is 4.55. The van der Waals surface area contributed by atoms with E-state index in [9.17, 15) is 9.59 Å². The number of hydrogen-bond acceptors (Lipinski definition) is 4. The van der Waals surface area contributed by atoms with Crippen LogP contribution >= 0.6 is 0 Å². The van der Waals surface area contributed by atoms with Crippen molar-refractivity contribution in [3.8, 4) is 0 Å². The van der Waals surface area contributed by atoms with Gasteiger partial charge in [0.15, 0.2) is 6.10 Å². The number of benzene rings is 1. The first-order valence-electron chi connectivity index (χ1n) is 6.23. The number of rotatable bonds is 5. The van der Waals surface area contributed by atoms with Gasteiger partial charge in [-0.05, 0) is 31.2 Å². The molecule has 2 rings (SSSR count). The van der Waals surface area contributed by atoms with Gasteiger partial charge in [0.25, 0.3) is 5.91 Å². The molecule has 0 saturated heterocycles. The fraction of sp³-hybridized carbons (Fsp3) is 0.200. The number of hydrogen-bond donors (Lipinski definition) is 1. The summed E-state index contributed by atoms with van der Waals surface area (Å²) in [7, 11) is 0. The quantitative estimate of drug-likeness (QED) is 0.847. The van der Waals surface area contributed by atoms with Gasteiger partial charge >= 0.3 is 5.97 Å². The summed E-state index contributed by atoms with van der Waals surface area (Å²) in [6.45, 7) is 1.79. The molecule has 0 radical (unpaired) electrons. The minimum atomic E-state index is -0.863. The third kappa shape index (κ3) is 3.71. The van der Waals surface area contributed by atoms with Gasteiger partial charge in [-0.2, -0.15) is 0 Å². The van der Waals surface area contributed by atoms with Gasteiger partial charge < -0.3 is 14.5 Å². The van der Waals surface area contributed by atoms with Crippen LogP contribution in [-0.2, 0) is 16.1 Å². The molecule has 0 aliphatic carbocycles. The lowest BCUT2D eigenvalue weighted by molar-refractivity contribution is -0.129. The van der Waals surface area contributed by atoms with Gasteiger partial charge in [0.05, 0.1) is 18.4 Å². The highest BCUT2D eigenvalue weighted by atomic mass is 16.5. The van der Waals surface area contributed by atoms with Gasteiger partial charge in [0.2, 0.25) is 0 Å². The molecule has 1 N–H and O–H groups in total. The Bertz CT molecular complexity index is 563. The van der Waals surface area contributed by atoms with Crippen LogP contribution in [0, 0.1) is 0 Å². The van der Waals surface area contributed by atoms with E-state index >= 15 is 0 Å². The van der Waals surface area contributed by atoms with Crippen LogP contribution in [0.4, 0.5) is 0 Å². The largest absolute Gasteiger partial charge is 0.467 e. The van der Waals surface area contributed by atoms with Crippen molar-refractivity contribution in [3.05, 3.63) is 60.1 Å². The van der Waals surface area contributed by atoms with E-state index in [4.69, 9.17) is 9.15 Å². The van der Waals surface area contributed by atoms with E-state index in [1.807, 2.05) is 0 Å². The number of esters is 1. The van der Waals surface area contributed by atoms with E-state index in [2.05, 4.69) is 5.32 Å². The number of nitrogens with one attached hydrogen (secondary N) is 1. The molecule has 1 amide bonds. The fourth-order valence-electron chi connectivity index (χ4n) is 1.59. The van der Waals surface area contributed by atoms with Crippen molar-refractivity contribution >= 4 is 11.9 Å². The van der Waals surface area contributed by atoms with Crippen LogP contribution in [0.3, 0.4) is 0 Å². The van der Waals surface area contributed by atoms with Crippen LogP contribution in [0.25, 0.3) is 0 Å². The second-order valence-electron chi connectivity index (χ2n) is 4.21. The zero-order valence-corrected chi connectivity index (χ0v) is 11.0. The van der Waals surface area contributed by atoms with E-state index in [1.165, 1.54) is 13.2 Å². The van der Waals surface area contributed by atoms with Crippen molar-refractivity contribution < 1.29 is 18.7 Å². The van der Waals surface area contributed by atoms with Crippen LogP contribution in [0.1, 0.15) is 23.0 Å². The zero-order valence-electron chi connectivity index (χ0n) is 11.0. The maximum Gasteiger partial charge on any atom is 0.338 e. The predicted octanol–water partition coefficient (Wildman–Crippen LogP) is 2.14. The second kappa shape index (κ2) is 6.56. The molecule has 1 heterocycles. The lowest BCUT2D eigenvalue weighted by Crippen LogP contribution is -2.35. The van der Waals surface area contributed by atoms with E-state index in [-0.39, 0.29) is 12.5 Å². The summed E-state index contributed by atoms with van der Waals surface area (Å²) in [6.07, 6.45) is 0.665. The number of amides is 1. The lowest BCUT2D eigenvalue weighted by Gasteiger charge is -2.12. The standard InChI is InChI=1S/C15H15NO4/c1-11(14(17)16-10-13-8-5-9-19-13)20-15(18)12-6-3-2-4-7-12/h2-9,11H,10H2,1H3,(H,16,17). The lowest BCUT2D eigenvalue weighted by atomic mass is 10.2. The molecule has 5 nitrogen and oxygen atoms in total. The molecular weight excluding hydrogens is 258 g/mol. The van der Waals surface area contributed by atoms with E-state index in [1.54, 1.807) is 42.5 Å². The first-order valence-corrected chi connectivity index (χ1v) is 6.23. The summed E-state index contributed by atoms with van der Waals surface area (Å²) >= 11 is 0. The molecule has 0 saturated carbocycles. The fourth-order valence-corrected chi connectivity index (χ4v) is 1.59. The number of carbonyl (C=O) groups is 2. The van der Waals surface area contributed by atoms with Crippen molar-refractivity contribution in [2.75, 3.05) is 0 Å². The third-order valence-electron chi connectivity index (χ3n) is 2.68. The molecule has 0 spiro atoms. The molecule has 5 heteroatoms. The monoisotopic (exact) mass is 273 g/mol. The molecule has 2 aromatic rings. The average Bonchev–Trinajstić information content (AvgIpc) is 2.98. The number of furan rings is 1. The van der Waals surface area contributed by atoms with Crippen molar-refractivity contribution in [2.45, 2.75) is 19.6 Å². The Hall–Kier alpha value is -2.56. The summed E-state index contributed by atoms with van der Waals surface area (Å²) in [5.74, 6) is -0.253. The minimum absolute atomic E-state index is 0.263. The summed E-state index contributed by atoms with van der Waals surface area (Å²) < 4.78 is 10.2. The van der Waals surface area contributed by atoms with Gasteiger partial charge in [-0.25, -0.2) is 4.79 Å². The maximum atomic E-state index is 11.8. The number of ether oxygens (including phenoxy) is 1. The summed E-state index contributed by atoms with van der Waals surface area (Å²) in [5, 5.41) is 2.63. The highest BCUT2D eigenvalue weighted by molar-refractivity contribution is 5.92. The molecule has 104 valence electrons. The highest BCUT2D eigenvalue weighted by Gasteiger charge is 2.18. The summed E-state index contributed by atoms with van der Waals surface area (Å²) in [6, 6.07) is 12.0. The van der Waals surface area contributed by atoms with Crippen LogP contribution in [-0.4, -0.2) is 18.0 Å². The van der Waals surface area contributed by atoms with E-state index in [0.717, 1.165) is 0 Å². The Labute approximate surface area is 116 Å². The van der Waals surface area contributed by atoms with Gasteiger partial charge in [-0.15, -0.1) is 0 Å². The maximum absolute atomic E-state index is 11.8. The molecule has 1 unspecified atom stereocenters. The first-order chi connectivity index (χ1) is 9.66. The predicted molar refractivity (Wildman–Crippen MR) is 71.9 cm³/mol. The van der Waals surface area contributed by atoms with Crippen molar-refractivity contribution in [1.29, 1.82) is 0 Å². The average molecular weight is 273 g/mol. The second-order valence-corrected chi connectivity index (χ2v) is 4.21. The Balaban J connectivity index is 1.83. The van der Waals surface area contributed by atoms with Crippen LogP contribution < -0.4 is 5.32 Å².